The van der Waals surface area contributed by atoms with E-state index in [9.17, 15) is 5.11 Å². The molecule has 0 aliphatic rings. The first-order valence-electron chi connectivity index (χ1n) is 3.62. The summed E-state index contributed by atoms with van der Waals surface area (Å²) in [6.07, 6.45) is 1.84. The Bertz CT molecular complexity index is 500. The Balaban J connectivity index is 2.92. The van der Waals surface area contributed by atoms with Gasteiger partial charge in [-0.15, -0.1) is 0 Å². The number of fused-ring (bicyclic) bond motifs is 1. The van der Waals surface area contributed by atoms with E-state index in [0.717, 1.165) is 5.52 Å². The average molecular weight is 360 g/mol. The molecule has 6 heteroatoms. The van der Waals surface area contributed by atoms with Crippen molar-refractivity contribution < 1.29 is 5.11 Å². The molecule has 14 heavy (non-hydrogen) atoms. The number of hydrogen-bond donors (Lipinski definition) is 1. The quantitative estimate of drug-likeness (QED) is 0.758. The predicted octanol–water partition coefficient (Wildman–Crippen LogP) is 4.50. The van der Waals surface area contributed by atoms with Gasteiger partial charge in [0.1, 0.15) is 5.75 Å². The molecule has 0 bridgehead atoms. The van der Waals surface area contributed by atoms with Gasteiger partial charge in [-0.2, -0.15) is 0 Å². The average Bonchev–Trinajstić information content (AvgIpc) is 2.58. The molecule has 0 amide bonds. The van der Waals surface area contributed by atoms with E-state index in [1.54, 1.807) is 6.07 Å². The SMILES string of the molecule is Oc1cc(Cl)c(Cl)c2c1ccn2SI. The third kappa shape index (κ3) is 1.58. The molecule has 0 saturated carbocycles. The summed E-state index contributed by atoms with van der Waals surface area (Å²) in [4.78, 5) is 0. The van der Waals surface area contributed by atoms with Crippen molar-refractivity contribution in [1.82, 2.24) is 3.97 Å². The van der Waals surface area contributed by atoms with E-state index in [1.807, 2.05) is 10.2 Å². The first kappa shape index (κ1) is 10.7. The molecule has 1 aromatic heterocycles. The third-order valence-electron chi connectivity index (χ3n) is 1.88. The summed E-state index contributed by atoms with van der Waals surface area (Å²) < 4.78 is 1.85. The molecular formula is C8H4Cl2INOS. The van der Waals surface area contributed by atoms with Crippen LogP contribution in [0.2, 0.25) is 10.0 Å². The maximum Gasteiger partial charge on any atom is 0.126 e. The lowest BCUT2D eigenvalue weighted by Crippen LogP contribution is -1.81. The largest absolute Gasteiger partial charge is 0.507 e. The Labute approximate surface area is 107 Å². The molecular weight excluding hydrogens is 356 g/mol. The van der Waals surface area contributed by atoms with Crippen LogP contribution in [0.15, 0.2) is 18.3 Å². The van der Waals surface area contributed by atoms with Crippen molar-refractivity contribution in [1.29, 1.82) is 0 Å². The van der Waals surface area contributed by atoms with Crippen LogP contribution in [0, 0.1) is 0 Å². The van der Waals surface area contributed by atoms with Gasteiger partial charge in [0.15, 0.2) is 0 Å². The van der Waals surface area contributed by atoms with Crippen molar-refractivity contribution in [2.75, 3.05) is 0 Å². The molecule has 1 N–H and O–H groups in total. The number of phenols is 1. The summed E-state index contributed by atoms with van der Waals surface area (Å²) in [7, 11) is 1.47. The summed E-state index contributed by atoms with van der Waals surface area (Å²) in [6.45, 7) is 0. The number of hydrogen-bond acceptors (Lipinski definition) is 2. The molecule has 0 spiro atoms. The topological polar surface area (TPSA) is 25.2 Å². The molecule has 0 unspecified atom stereocenters. The molecule has 1 aromatic carbocycles. The lowest BCUT2D eigenvalue weighted by molar-refractivity contribution is 0.482. The second kappa shape index (κ2) is 4.00. The van der Waals surface area contributed by atoms with Gasteiger partial charge in [0.25, 0.3) is 0 Å². The second-order valence-corrected chi connectivity index (χ2v) is 5.16. The van der Waals surface area contributed by atoms with Crippen LogP contribution in [0.25, 0.3) is 10.9 Å². The summed E-state index contributed by atoms with van der Waals surface area (Å²) in [6, 6.07) is 3.26. The van der Waals surface area contributed by atoms with Gasteiger partial charge >= 0.3 is 0 Å². The highest BCUT2D eigenvalue weighted by Gasteiger charge is 2.12. The highest BCUT2D eigenvalue weighted by molar-refractivity contribution is 14.2. The zero-order valence-corrected chi connectivity index (χ0v) is 11.2. The van der Waals surface area contributed by atoms with Gasteiger partial charge in [0.05, 0.1) is 15.6 Å². The Morgan fingerprint density at radius 2 is 2.14 bits per heavy atom. The highest BCUT2D eigenvalue weighted by Crippen LogP contribution is 2.39. The Hall–Kier alpha value is 0.220. The number of phenolic OH excluding ortho intramolecular Hbond substituents is 1. The van der Waals surface area contributed by atoms with E-state index in [-0.39, 0.29) is 5.75 Å². The van der Waals surface area contributed by atoms with E-state index in [4.69, 9.17) is 23.2 Å². The van der Waals surface area contributed by atoms with Crippen LogP contribution in [0.4, 0.5) is 0 Å². The molecule has 0 atom stereocenters. The summed E-state index contributed by atoms with van der Waals surface area (Å²) in [5.74, 6) is 0.151. The zero-order chi connectivity index (χ0) is 10.3. The normalized spacial score (nSPS) is 11.1. The Morgan fingerprint density at radius 3 is 2.79 bits per heavy atom. The van der Waals surface area contributed by atoms with Crippen LogP contribution in [-0.2, 0) is 0 Å². The van der Waals surface area contributed by atoms with Gasteiger partial charge < -0.3 is 5.11 Å². The van der Waals surface area contributed by atoms with Crippen LogP contribution < -0.4 is 0 Å². The van der Waals surface area contributed by atoms with Gasteiger partial charge in [0, 0.05) is 48.0 Å². The molecule has 0 aliphatic carbocycles. The molecule has 0 radical (unpaired) electrons. The number of halogens is 3. The van der Waals surface area contributed by atoms with Crippen LogP contribution >= 0.6 is 53.5 Å². The number of benzene rings is 1. The molecule has 74 valence electrons. The third-order valence-corrected chi connectivity index (χ3v) is 4.39. The van der Waals surface area contributed by atoms with E-state index in [2.05, 4.69) is 21.2 Å². The van der Waals surface area contributed by atoms with Crippen LogP contribution in [-0.4, -0.2) is 9.08 Å². The van der Waals surface area contributed by atoms with Gasteiger partial charge in [-0.05, 0) is 6.07 Å². The van der Waals surface area contributed by atoms with E-state index in [1.165, 1.54) is 15.2 Å². The Kier molecular flexibility index (Phi) is 3.06. The summed E-state index contributed by atoms with van der Waals surface area (Å²) in [5, 5.41) is 11.2. The van der Waals surface area contributed by atoms with E-state index >= 15 is 0 Å². The smallest absolute Gasteiger partial charge is 0.126 e. The second-order valence-electron chi connectivity index (χ2n) is 2.66. The van der Waals surface area contributed by atoms with Crippen molar-refractivity contribution in [3.63, 3.8) is 0 Å². The minimum Gasteiger partial charge on any atom is -0.507 e. The monoisotopic (exact) mass is 359 g/mol. The fraction of sp³-hybridized carbons (Fsp3) is 0. The van der Waals surface area contributed by atoms with Gasteiger partial charge in [0.2, 0.25) is 0 Å². The first-order chi connectivity index (χ1) is 6.65. The number of aromatic nitrogens is 1. The fourth-order valence-electron chi connectivity index (χ4n) is 1.27. The maximum atomic E-state index is 9.62. The van der Waals surface area contributed by atoms with Crippen LogP contribution in [0.3, 0.4) is 0 Å². The number of aromatic hydroxyl groups is 1. The van der Waals surface area contributed by atoms with E-state index < -0.39 is 0 Å². The molecule has 0 fully saturated rings. The molecule has 0 aliphatic heterocycles. The standard InChI is InChI=1S/C8H4Cl2INOS/c9-5-3-6(13)4-1-2-12(14-11)8(4)7(5)10/h1-3,13H. The van der Waals surface area contributed by atoms with Gasteiger partial charge in [-0.25, -0.2) is 0 Å². The lowest BCUT2D eigenvalue weighted by Gasteiger charge is -2.04. The zero-order valence-electron chi connectivity index (χ0n) is 6.67. The summed E-state index contributed by atoms with van der Waals surface area (Å²) >= 11 is 14.0. The van der Waals surface area contributed by atoms with Gasteiger partial charge in [-0.3, -0.25) is 3.97 Å². The lowest BCUT2D eigenvalue weighted by atomic mass is 10.2. The fourth-order valence-corrected chi connectivity index (χ4v) is 3.11. The molecule has 2 rings (SSSR count). The van der Waals surface area contributed by atoms with Crippen LogP contribution in [0.5, 0.6) is 5.75 Å². The molecule has 1 heterocycles. The first-order valence-corrected chi connectivity index (χ1v) is 7.69. The molecule has 0 saturated heterocycles. The van der Waals surface area contributed by atoms with Gasteiger partial charge in [-0.1, -0.05) is 23.2 Å². The maximum absolute atomic E-state index is 9.62. The van der Waals surface area contributed by atoms with Crippen LogP contribution in [0.1, 0.15) is 0 Å². The Morgan fingerprint density at radius 1 is 1.43 bits per heavy atom. The van der Waals surface area contributed by atoms with Crippen molar-refractivity contribution in [2.24, 2.45) is 0 Å². The molecule has 2 nitrogen and oxygen atoms in total. The minimum atomic E-state index is 0.151. The highest BCUT2D eigenvalue weighted by atomic mass is 127. The van der Waals surface area contributed by atoms with Crippen molar-refractivity contribution in [3.05, 3.63) is 28.4 Å². The molecule has 2 aromatic rings. The minimum absolute atomic E-state index is 0.151. The summed E-state index contributed by atoms with van der Waals surface area (Å²) in [5.41, 5.74) is 0.746. The van der Waals surface area contributed by atoms with E-state index in [0.29, 0.717) is 15.4 Å². The van der Waals surface area contributed by atoms with Crippen molar-refractivity contribution in [2.45, 2.75) is 0 Å². The number of rotatable bonds is 1. The van der Waals surface area contributed by atoms with Crippen molar-refractivity contribution in [3.8, 4) is 5.75 Å². The predicted molar refractivity (Wildman–Crippen MR) is 70.6 cm³/mol. The number of nitrogens with zero attached hydrogens (tertiary/aromatic N) is 1. The van der Waals surface area contributed by atoms with Crippen molar-refractivity contribution >= 4 is 64.4 Å².